The highest BCUT2D eigenvalue weighted by Gasteiger charge is 2.28. The molecule has 4 rings (SSSR count). The number of fused-ring (bicyclic) bond motifs is 1. The third-order valence-electron chi connectivity index (χ3n) is 5.11. The molecule has 0 unspecified atom stereocenters. The number of para-hydroxylation sites is 2. The van der Waals surface area contributed by atoms with Gasteiger partial charge in [0.25, 0.3) is 0 Å². The first-order chi connectivity index (χ1) is 12.6. The lowest BCUT2D eigenvalue weighted by Crippen LogP contribution is -2.47. The van der Waals surface area contributed by atoms with E-state index < -0.39 is 6.55 Å². The molecule has 1 aliphatic rings. The van der Waals surface area contributed by atoms with Gasteiger partial charge in [-0.15, -0.1) is 11.3 Å². The summed E-state index contributed by atoms with van der Waals surface area (Å²) in [4.78, 5) is 10.6. The van der Waals surface area contributed by atoms with E-state index >= 15 is 0 Å². The maximum atomic E-state index is 13.7. The second-order valence-electron chi connectivity index (χ2n) is 6.67. The summed E-state index contributed by atoms with van der Waals surface area (Å²) in [5.41, 5.74) is 1.13. The molecule has 26 heavy (non-hydrogen) atoms. The van der Waals surface area contributed by atoms with Gasteiger partial charge in [-0.25, -0.2) is 4.98 Å². The van der Waals surface area contributed by atoms with Crippen LogP contribution in [0.25, 0.3) is 11.0 Å². The first-order valence-corrected chi connectivity index (χ1v) is 9.75. The molecule has 3 aromatic rings. The zero-order chi connectivity index (χ0) is 18.1. The molecule has 0 amide bonds. The van der Waals surface area contributed by atoms with Crippen molar-refractivity contribution < 1.29 is 8.78 Å². The molecule has 7 heteroatoms. The van der Waals surface area contributed by atoms with Crippen molar-refractivity contribution in [1.82, 2.24) is 19.4 Å². The number of benzene rings is 1. The Morgan fingerprint density at radius 2 is 1.85 bits per heavy atom. The molecule has 1 aliphatic heterocycles. The molecular weight excluding hydrogens is 354 g/mol. The summed E-state index contributed by atoms with van der Waals surface area (Å²) in [6.07, 6.45) is 0. The molecule has 1 aromatic carbocycles. The molecule has 0 aliphatic carbocycles. The minimum Gasteiger partial charge on any atom is -0.296 e. The molecular formula is C19H22F2N4S. The smallest absolute Gasteiger partial charge is 0.296 e. The summed E-state index contributed by atoms with van der Waals surface area (Å²) < 4.78 is 28.5. The van der Waals surface area contributed by atoms with E-state index in [1.54, 1.807) is 29.5 Å². The molecule has 1 atom stereocenters. The number of aromatic nitrogens is 2. The van der Waals surface area contributed by atoms with Gasteiger partial charge in [-0.3, -0.25) is 14.4 Å². The Labute approximate surface area is 155 Å². The van der Waals surface area contributed by atoms with Crippen LogP contribution in [0.15, 0.2) is 41.8 Å². The monoisotopic (exact) mass is 376 g/mol. The molecule has 1 fully saturated rings. The van der Waals surface area contributed by atoms with Crippen LogP contribution in [0.4, 0.5) is 8.78 Å². The quantitative estimate of drug-likeness (QED) is 0.661. The SMILES string of the molecule is C[C@H](c1nc2ccccc2n1C(F)F)N1CCN(Cc2cccs2)CC1. The van der Waals surface area contributed by atoms with Gasteiger partial charge in [0.2, 0.25) is 0 Å². The summed E-state index contributed by atoms with van der Waals surface area (Å²) in [7, 11) is 0. The fraction of sp³-hybridized carbons (Fsp3) is 0.421. The Hall–Kier alpha value is -1.83. The van der Waals surface area contributed by atoms with Crippen LogP contribution >= 0.6 is 11.3 Å². The summed E-state index contributed by atoms with van der Waals surface area (Å²) in [6, 6.07) is 11.2. The molecule has 0 radical (unpaired) electrons. The van der Waals surface area contributed by atoms with Crippen molar-refractivity contribution in [2.75, 3.05) is 26.2 Å². The van der Waals surface area contributed by atoms with Crippen LogP contribution in [-0.2, 0) is 6.54 Å². The number of nitrogens with zero attached hydrogens (tertiary/aromatic N) is 4. The third-order valence-corrected chi connectivity index (χ3v) is 5.97. The zero-order valence-corrected chi connectivity index (χ0v) is 15.5. The lowest BCUT2D eigenvalue weighted by molar-refractivity contribution is 0.0559. The van der Waals surface area contributed by atoms with Crippen molar-refractivity contribution >= 4 is 22.4 Å². The van der Waals surface area contributed by atoms with Crippen molar-refractivity contribution in [2.24, 2.45) is 0 Å². The van der Waals surface area contributed by atoms with E-state index in [0.717, 1.165) is 37.3 Å². The Kier molecular flexibility index (Phi) is 5.02. The van der Waals surface area contributed by atoms with Crippen molar-refractivity contribution in [3.8, 4) is 0 Å². The van der Waals surface area contributed by atoms with Gasteiger partial charge < -0.3 is 0 Å². The average molecular weight is 376 g/mol. The van der Waals surface area contributed by atoms with Crippen molar-refractivity contribution in [3.05, 3.63) is 52.5 Å². The highest BCUT2D eigenvalue weighted by molar-refractivity contribution is 7.09. The highest BCUT2D eigenvalue weighted by atomic mass is 32.1. The van der Waals surface area contributed by atoms with Crippen LogP contribution in [-0.4, -0.2) is 45.5 Å². The predicted molar refractivity (Wildman–Crippen MR) is 101 cm³/mol. The largest absolute Gasteiger partial charge is 0.320 e. The highest BCUT2D eigenvalue weighted by Crippen LogP contribution is 2.30. The minimum absolute atomic E-state index is 0.139. The van der Waals surface area contributed by atoms with E-state index in [4.69, 9.17) is 0 Å². The van der Waals surface area contributed by atoms with Crippen molar-refractivity contribution in [2.45, 2.75) is 26.1 Å². The van der Waals surface area contributed by atoms with Gasteiger partial charge in [0.05, 0.1) is 17.1 Å². The maximum Gasteiger partial charge on any atom is 0.320 e. The van der Waals surface area contributed by atoms with E-state index in [1.807, 2.05) is 13.0 Å². The van der Waals surface area contributed by atoms with Crippen LogP contribution < -0.4 is 0 Å². The molecule has 0 N–H and O–H groups in total. The van der Waals surface area contributed by atoms with E-state index in [1.165, 1.54) is 4.88 Å². The number of piperazine rings is 1. The molecule has 2 aromatic heterocycles. The first kappa shape index (κ1) is 17.6. The number of alkyl halides is 2. The zero-order valence-electron chi connectivity index (χ0n) is 14.7. The number of thiophene rings is 1. The second-order valence-corrected chi connectivity index (χ2v) is 7.71. The number of hydrogen-bond donors (Lipinski definition) is 0. The maximum absolute atomic E-state index is 13.7. The number of rotatable bonds is 5. The molecule has 0 spiro atoms. The Morgan fingerprint density at radius 3 is 2.54 bits per heavy atom. The molecule has 0 bridgehead atoms. The average Bonchev–Trinajstić information content (AvgIpc) is 3.29. The molecule has 3 heterocycles. The topological polar surface area (TPSA) is 24.3 Å². The van der Waals surface area contributed by atoms with E-state index in [9.17, 15) is 8.78 Å². The van der Waals surface area contributed by atoms with Gasteiger partial charge in [-0.2, -0.15) is 8.78 Å². The van der Waals surface area contributed by atoms with Gasteiger partial charge in [-0.05, 0) is 30.5 Å². The Bertz CT molecular complexity index is 854. The van der Waals surface area contributed by atoms with E-state index in [0.29, 0.717) is 16.9 Å². The number of hydrogen-bond acceptors (Lipinski definition) is 4. The van der Waals surface area contributed by atoms with Crippen LogP contribution in [0.3, 0.4) is 0 Å². The fourth-order valence-electron chi connectivity index (χ4n) is 3.66. The number of imidazole rings is 1. The van der Waals surface area contributed by atoms with E-state index in [-0.39, 0.29) is 6.04 Å². The van der Waals surface area contributed by atoms with Crippen molar-refractivity contribution in [3.63, 3.8) is 0 Å². The first-order valence-electron chi connectivity index (χ1n) is 8.87. The Balaban J connectivity index is 1.49. The molecule has 138 valence electrons. The predicted octanol–water partition coefficient (Wildman–Crippen LogP) is 4.37. The minimum atomic E-state index is -2.58. The van der Waals surface area contributed by atoms with Gasteiger partial charge in [0.15, 0.2) is 0 Å². The Morgan fingerprint density at radius 1 is 1.08 bits per heavy atom. The molecule has 4 nitrogen and oxygen atoms in total. The van der Waals surface area contributed by atoms with Crippen LogP contribution in [0.1, 0.15) is 30.2 Å². The second kappa shape index (κ2) is 7.42. The van der Waals surface area contributed by atoms with Gasteiger partial charge >= 0.3 is 6.55 Å². The summed E-state index contributed by atoms with van der Waals surface area (Å²) in [5.74, 6) is 0.452. The van der Waals surface area contributed by atoms with E-state index in [2.05, 4.69) is 32.3 Å². The van der Waals surface area contributed by atoms with Crippen LogP contribution in [0.5, 0.6) is 0 Å². The normalized spacial score (nSPS) is 18.0. The summed E-state index contributed by atoms with van der Waals surface area (Å²) in [6.45, 7) is 3.97. The number of halogens is 2. The molecule has 1 saturated heterocycles. The van der Waals surface area contributed by atoms with Gasteiger partial charge in [-0.1, -0.05) is 18.2 Å². The van der Waals surface area contributed by atoms with Crippen LogP contribution in [0.2, 0.25) is 0 Å². The van der Waals surface area contributed by atoms with Crippen molar-refractivity contribution in [1.29, 1.82) is 0 Å². The van der Waals surface area contributed by atoms with Gasteiger partial charge in [0, 0.05) is 37.6 Å². The van der Waals surface area contributed by atoms with Crippen LogP contribution in [0, 0.1) is 0 Å². The van der Waals surface area contributed by atoms with Gasteiger partial charge in [0.1, 0.15) is 5.82 Å². The lowest BCUT2D eigenvalue weighted by Gasteiger charge is -2.37. The summed E-state index contributed by atoms with van der Waals surface area (Å²) in [5, 5.41) is 2.10. The lowest BCUT2D eigenvalue weighted by atomic mass is 10.2. The fourth-order valence-corrected chi connectivity index (χ4v) is 4.40. The standard InChI is InChI=1S/C19H22F2N4S/c1-14(18-22-16-6-2-3-7-17(16)25(18)19(20)21)24-10-8-23(9-11-24)13-15-5-4-12-26-15/h2-7,12,14,19H,8-11,13H2,1H3/t14-/m1/s1. The third kappa shape index (κ3) is 3.39. The summed E-state index contributed by atoms with van der Waals surface area (Å²) >= 11 is 1.78. The molecule has 0 saturated carbocycles.